The third kappa shape index (κ3) is 9.11. The molecule has 4 N–H and O–H groups in total. The number of nitrogens with one attached hydrogen (secondary N) is 2. The van der Waals surface area contributed by atoms with Crippen LogP contribution in [0.4, 0.5) is 16.2 Å². The summed E-state index contributed by atoms with van der Waals surface area (Å²) in [6, 6.07) is 7.26. The highest BCUT2D eigenvalue weighted by molar-refractivity contribution is 5.92. The van der Waals surface area contributed by atoms with Crippen LogP contribution in [0.1, 0.15) is 57.8 Å². The summed E-state index contributed by atoms with van der Waals surface area (Å²) in [5.41, 5.74) is 6.96. The molecule has 1 fully saturated rings. The van der Waals surface area contributed by atoms with Gasteiger partial charge in [0.1, 0.15) is 0 Å². The predicted molar refractivity (Wildman–Crippen MR) is 114 cm³/mol. The number of anilines is 2. The molecule has 0 aliphatic carbocycles. The van der Waals surface area contributed by atoms with Gasteiger partial charge >= 0.3 is 6.03 Å². The number of carbonyl (C=O) groups is 2. The van der Waals surface area contributed by atoms with Gasteiger partial charge in [-0.25, -0.2) is 4.79 Å². The molecule has 0 saturated carbocycles. The zero-order valence-electron chi connectivity index (χ0n) is 16.0. The summed E-state index contributed by atoms with van der Waals surface area (Å²) in [6.45, 7) is 2.36. The summed E-state index contributed by atoms with van der Waals surface area (Å²) in [5, 5.41) is 5.84. The zero-order chi connectivity index (χ0) is 18.6. The Balaban J connectivity index is 0.00000364. The van der Waals surface area contributed by atoms with Crippen LogP contribution in [0.2, 0.25) is 0 Å². The van der Waals surface area contributed by atoms with Gasteiger partial charge < -0.3 is 21.3 Å². The summed E-state index contributed by atoms with van der Waals surface area (Å²) in [6.07, 6.45) is 9.09. The number of halogens is 1. The average molecular weight is 397 g/mol. The summed E-state index contributed by atoms with van der Waals surface area (Å²) < 4.78 is 0. The van der Waals surface area contributed by atoms with Crippen LogP contribution in [0.15, 0.2) is 24.3 Å². The van der Waals surface area contributed by atoms with Gasteiger partial charge in [0, 0.05) is 30.9 Å². The summed E-state index contributed by atoms with van der Waals surface area (Å²) in [5.74, 6) is 0.0269. The Morgan fingerprint density at radius 1 is 0.852 bits per heavy atom. The van der Waals surface area contributed by atoms with Gasteiger partial charge in [-0.05, 0) is 56.5 Å². The topological polar surface area (TPSA) is 87.5 Å². The molecule has 0 radical (unpaired) electrons. The molecule has 0 atom stereocenters. The maximum absolute atomic E-state index is 12.3. The van der Waals surface area contributed by atoms with E-state index in [1.807, 2.05) is 29.2 Å². The number of rotatable bonds is 8. The molecule has 0 bridgehead atoms. The van der Waals surface area contributed by atoms with Crippen LogP contribution in [0.3, 0.4) is 0 Å². The van der Waals surface area contributed by atoms with E-state index in [0.717, 1.165) is 63.0 Å². The van der Waals surface area contributed by atoms with E-state index < -0.39 is 0 Å². The molecule has 7 heteroatoms. The Bertz CT molecular complexity index is 558. The quantitative estimate of drug-likeness (QED) is 0.570. The van der Waals surface area contributed by atoms with E-state index in [2.05, 4.69) is 10.6 Å². The smallest absolute Gasteiger partial charge is 0.321 e. The molecule has 6 nitrogen and oxygen atoms in total. The second-order valence-corrected chi connectivity index (χ2v) is 6.91. The lowest BCUT2D eigenvalue weighted by Crippen LogP contribution is -2.35. The van der Waals surface area contributed by atoms with Crippen LogP contribution in [0.5, 0.6) is 0 Å². The van der Waals surface area contributed by atoms with Gasteiger partial charge in [0.05, 0.1) is 0 Å². The molecular formula is C20H33ClN4O2. The molecule has 0 spiro atoms. The molecule has 1 saturated heterocycles. The SMILES string of the molecule is Cl.NCCCCCCC(=O)Nc1ccc(NC(=O)N2CCCCCC2)cc1. The maximum Gasteiger partial charge on any atom is 0.321 e. The minimum atomic E-state index is -0.0406. The van der Waals surface area contributed by atoms with Crippen molar-refractivity contribution in [1.29, 1.82) is 0 Å². The first-order valence-corrected chi connectivity index (χ1v) is 9.85. The minimum absolute atomic E-state index is 0. The van der Waals surface area contributed by atoms with E-state index in [0.29, 0.717) is 13.0 Å². The van der Waals surface area contributed by atoms with E-state index in [1.54, 1.807) is 0 Å². The van der Waals surface area contributed by atoms with E-state index >= 15 is 0 Å². The van der Waals surface area contributed by atoms with Gasteiger partial charge in [0.2, 0.25) is 5.91 Å². The lowest BCUT2D eigenvalue weighted by atomic mass is 10.1. The standard InChI is InChI=1S/C20H32N4O2.ClH/c21-14-6-2-1-5-9-19(25)22-17-10-12-18(13-11-17)23-20(26)24-15-7-3-4-8-16-24;/h10-13H,1-9,14-16,21H2,(H,22,25)(H,23,26);1H. The Morgan fingerprint density at radius 3 is 2.00 bits per heavy atom. The van der Waals surface area contributed by atoms with Gasteiger partial charge in [-0.3, -0.25) is 4.79 Å². The number of likely N-dealkylation sites (tertiary alicyclic amines) is 1. The van der Waals surface area contributed by atoms with Gasteiger partial charge in [-0.15, -0.1) is 12.4 Å². The van der Waals surface area contributed by atoms with Crippen LogP contribution in [-0.4, -0.2) is 36.5 Å². The highest BCUT2D eigenvalue weighted by Crippen LogP contribution is 2.16. The lowest BCUT2D eigenvalue weighted by Gasteiger charge is -2.20. The van der Waals surface area contributed by atoms with Crippen LogP contribution in [0, 0.1) is 0 Å². The highest BCUT2D eigenvalue weighted by atomic mass is 35.5. The van der Waals surface area contributed by atoms with Crippen molar-refractivity contribution in [2.24, 2.45) is 5.73 Å². The fourth-order valence-corrected chi connectivity index (χ4v) is 3.12. The van der Waals surface area contributed by atoms with Crippen LogP contribution < -0.4 is 16.4 Å². The van der Waals surface area contributed by atoms with Crippen molar-refractivity contribution >= 4 is 35.7 Å². The average Bonchev–Trinajstić information content (AvgIpc) is 2.93. The van der Waals surface area contributed by atoms with Crippen molar-refractivity contribution in [3.8, 4) is 0 Å². The molecule has 0 aromatic heterocycles. The number of unbranched alkanes of at least 4 members (excludes halogenated alkanes) is 3. The first-order chi connectivity index (χ1) is 12.7. The molecular weight excluding hydrogens is 364 g/mol. The number of carbonyl (C=O) groups excluding carboxylic acids is 2. The Morgan fingerprint density at radius 2 is 1.41 bits per heavy atom. The summed E-state index contributed by atoms with van der Waals surface area (Å²) in [4.78, 5) is 26.1. The van der Waals surface area contributed by atoms with Crippen molar-refractivity contribution in [3.63, 3.8) is 0 Å². The van der Waals surface area contributed by atoms with Gasteiger partial charge in [0.25, 0.3) is 0 Å². The molecule has 1 aromatic carbocycles. The molecule has 2 rings (SSSR count). The summed E-state index contributed by atoms with van der Waals surface area (Å²) in [7, 11) is 0. The number of hydrogen-bond acceptors (Lipinski definition) is 3. The molecule has 1 aliphatic heterocycles. The second kappa shape index (κ2) is 13.4. The van der Waals surface area contributed by atoms with E-state index in [1.165, 1.54) is 12.8 Å². The van der Waals surface area contributed by atoms with Gasteiger partial charge in [-0.1, -0.05) is 25.7 Å². The molecule has 0 unspecified atom stereocenters. The number of amides is 3. The zero-order valence-corrected chi connectivity index (χ0v) is 16.9. The second-order valence-electron chi connectivity index (χ2n) is 6.91. The highest BCUT2D eigenvalue weighted by Gasteiger charge is 2.15. The predicted octanol–water partition coefficient (Wildman–Crippen LogP) is 4.36. The fraction of sp³-hybridized carbons (Fsp3) is 0.600. The molecule has 152 valence electrons. The fourth-order valence-electron chi connectivity index (χ4n) is 3.12. The molecule has 3 amide bonds. The van der Waals surface area contributed by atoms with Crippen molar-refractivity contribution in [1.82, 2.24) is 4.90 Å². The van der Waals surface area contributed by atoms with Crippen LogP contribution in [0.25, 0.3) is 0 Å². The third-order valence-corrected chi connectivity index (χ3v) is 4.67. The Labute approximate surface area is 168 Å². The van der Waals surface area contributed by atoms with Gasteiger partial charge in [-0.2, -0.15) is 0 Å². The monoisotopic (exact) mass is 396 g/mol. The van der Waals surface area contributed by atoms with Crippen molar-refractivity contribution in [3.05, 3.63) is 24.3 Å². The number of nitrogens with zero attached hydrogens (tertiary/aromatic N) is 1. The third-order valence-electron chi connectivity index (χ3n) is 4.67. The number of nitrogens with two attached hydrogens (primary N) is 1. The number of urea groups is 1. The van der Waals surface area contributed by atoms with E-state index in [9.17, 15) is 9.59 Å². The molecule has 27 heavy (non-hydrogen) atoms. The number of benzene rings is 1. The summed E-state index contributed by atoms with van der Waals surface area (Å²) >= 11 is 0. The van der Waals surface area contributed by atoms with Gasteiger partial charge in [0.15, 0.2) is 0 Å². The normalized spacial score (nSPS) is 14.0. The van der Waals surface area contributed by atoms with E-state index in [4.69, 9.17) is 5.73 Å². The van der Waals surface area contributed by atoms with Crippen molar-refractivity contribution < 1.29 is 9.59 Å². The first-order valence-electron chi connectivity index (χ1n) is 9.85. The lowest BCUT2D eigenvalue weighted by molar-refractivity contribution is -0.116. The number of hydrogen-bond donors (Lipinski definition) is 3. The van der Waals surface area contributed by atoms with Crippen molar-refractivity contribution in [2.75, 3.05) is 30.3 Å². The van der Waals surface area contributed by atoms with Crippen molar-refractivity contribution in [2.45, 2.75) is 57.8 Å². The minimum Gasteiger partial charge on any atom is -0.330 e. The van der Waals surface area contributed by atoms with Crippen LogP contribution >= 0.6 is 12.4 Å². The Kier molecular flexibility index (Phi) is 11.5. The van der Waals surface area contributed by atoms with Crippen LogP contribution in [-0.2, 0) is 4.79 Å². The first kappa shape index (κ1) is 23.2. The molecule has 1 aliphatic rings. The molecule has 1 heterocycles. The largest absolute Gasteiger partial charge is 0.330 e. The Hall–Kier alpha value is -1.79. The maximum atomic E-state index is 12.3. The van der Waals surface area contributed by atoms with E-state index in [-0.39, 0.29) is 24.3 Å². The molecule has 1 aromatic rings.